The molecule has 0 unspecified atom stereocenters. The van der Waals surface area contributed by atoms with Gasteiger partial charge in [-0.2, -0.15) is 0 Å². The number of urea groups is 1. The van der Waals surface area contributed by atoms with Gasteiger partial charge in [0.25, 0.3) is 5.91 Å². The number of ether oxygens (including phenoxy) is 1. The quantitative estimate of drug-likeness (QED) is 0.803. The highest BCUT2D eigenvalue weighted by Crippen LogP contribution is 2.27. The zero-order chi connectivity index (χ0) is 19.5. The van der Waals surface area contributed by atoms with Gasteiger partial charge >= 0.3 is 6.03 Å². The van der Waals surface area contributed by atoms with E-state index < -0.39 is 0 Å². The molecule has 6 heteroatoms. The van der Waals surface area contributed by atoms with E-state index >= 15 is 0 Å². The van der Waals surface area contributed by atoms with E-state index in [0.717, 1.165) is 36.7 Å². The van der Waals surface area contributed by atoms with Crippen molar-refractivity contribution in [3.63, 3.8) is 0 Å². The van der Waals surface area contributed by atoms with Gasteiger partial charge in [-0.1, -0.05) is 24.3 Å². The van der Waals surface area contributed by atoms with E-state index in [1.54, 1.807) is 7.11 Å². The summed E-state index contributed by atoms with van der Waals surface area (Å²) in [6, 6.07) is 11.9. The van der Waals surface area contributed by atoms with Crippen LogP contribution in [0.15, 0.2) is 36.4 Å². The molecule has 148 valence electrons. The second-order valence-corrected chi connectivity index (χ2v) is 7.51. The van der Waals surface area contributed by atoms with Crippen LogP contribution in [0.5, 0.6) is 5.75 Å². The van der Waals surface area contributed by atoms with Crippen LogP contribution in [0.4, 0.5) is 4.79 Å². The molecule has 2 aliphatic heterocycles. The van der Waals surface area contributed by atoms with Gasteiger partial charge in [-0.25, -0.2) is 4.79 Å². The molecule has 0 aromatic heterocycles. The number of hydrogen-bond acceptors (Lipinski definition) is 3. The van der Waals surface area contributed by atoms with E-state index in [4.69, 9.17) is 4.74 Å². The molecule has 0 atom stereocenters. The van der Waals surface area contributed by atoms with Crippen molar-refractivity contribution in [2.24, 2.45) is 0 Å². The molecule has 0 aliphatic carbocycles. The van der Waals surface area contributed by atoms with Gasteiger partial charge in [0.2, 0.25) is 0 Å². The van der Waals surface area contributed by atoms with E-state index in [1.807, 2.05) is 51.1 Å². The molecule has 4 rings (SSSR count). The van der Waals surface area contributed by atoms with Gasteiger partial charge in [0.05, 0.1) is 12.7 Å². The summed E-state index contributed by atoms with van der Waals surface area (Å²) in [6.45, 7) is 3.97. The number of benzene rings is 2. The van der Waals surface area contributed by atoms with Gasteiger partial charge in [0.1, 0.15) is 5.75 Å². The van der Waals surface area contributed by atoms with E-state index in [1.165, 1.54) is 6.42 Å². The van der Waals surface area contributed by atoms with Crippen LogP contribution in [-0.4, -0.2) is 73.0 Å². The lowest BCUT2D eigenvalue weighted by Crippen LogP contribution is -2.54. The third-order valence-corrected chi connectivity index (χ3v) is 5.76. The maximum atomic E-state index is 13.1. The minimum Gasteiger partial charge on any atom is -0.496 e. The first kappa shape index (κ1) is 18.6. The molecule has 28 heavy (non-hydrogen) atoms. The molecule has 0 spiro atoms. The maximum absolute atomic E-state index is 13.1. The Morgan fingerprint density at radius 3 is 2.00 bits per heavy atom. The predicted molar refractivity (Wildman–Crippen MR) is 109 cm³/mol. The SMILES string of the molecule is COc1cc2ccccc2cc1C(=O)N1CCN(C(=O)N2CCCCC2)CC1. The fourth-order valence-corrected chi connectivity index (χ4v) is 4.11. The van der Waals surface area contributed by atoms with Crippen molar-refractivity contribution < 1.29 is 14.3 Å². The van der Waals surface area contributed by atoms with Gasteiger partial charge in [-0.15, -0.1) is 0 Å². The van der Waals surface area contributed by atoms with E-state index in [2.05, 4.69) is 0 Å². The molecular weight excluding hydrogens is 354 g/mol. The van der Waals surface area contributed by atoms with Gasteiger partial charge in [-0.3, -0.25) is 4.79 Å². The Kier molecular flexibility index (Phi) is 5.37. The number of carbonyl (C=O) groups is 2. The Bertz CT molecular complexity index is 868. The van der Waals surface area contributed by atoms with Crippen LogP contribution in [0.25, 0.3) is 10.8 Å². The van der Waals surface area contributed by atoms with Gasteiger partial charge in [0.15, 0.2) is 0 Å². The molecule has 2 aromatic rings. The molecular formula is C22H27N3O3. The summed E-state index contributed by atoms with van der Waals surface area (Å²) in [5.41, 5.74) is 0.581. The van der Waals surface area contributed by atoms with Crippen molar-refractivity contribution in [1.82, 2.24) is 14.7 Å². The molecule has 0 bridgehead atoms. The van der Waals surface area contributed by atoms with Crippen LogP contribution in [0, 0.1) is 0 Å². The Morgan fingerprint density at radius 2 is 1.36 bits per heavy atom. The first-order valence-corrected chi connectivity index (χ1v) is 10.1. The number of piperidine rings is 1. The summed E-state index contributed by atoms with van der Waals surface area (Å²) in [7, 11) is 1.59. The average Bonchev–Trinajstić information content (AvgIpc) is 2.78. The Labute approximate surface area is 165 Å². The number of piperazine rings is 1. The highest BCUT2D eigenvalue weighted by Gasteiger charge is 2.29. The van der Waals surface area contributed by atoms with E-state index in [0.29, 0.717) is 37.5 Å². The van der Waals surface area contributed by atoms with Crippen LogP contribution < -0.4 is 4.74 Å². The number of likely N-dealkylation sites (tertiary alicyclic amines) is 1. The Morgan fingerprint density at radius 1 is 0.786 bits per heavy atom. The molecule has 3 amide bonds. The van der Waals surface area contributed by atoms with Crippen LogP contribution in [0.2, 0.25) is 0 Å². The first-order valence-electron chi connectivity index (χ1n) is 10.1. The molecule has 6 nitrogen and oxygen atoms in total. The summed E-state index contributed by atoms with van der Waals surface area (Å²) in [5, 5.41) is 2.07. The van der Waals surface area contributed by atoms with Crippen molar-refractivity contribution in [2.75, 3.05) is 46.4 Å². The number of hydrogen-bond donors (Lipinski definition) is 0. The van der Waals surface area contributed by atoms with Crippen molar-refractivity contribution in [2.45, 2.75) is 19.3 Å². The number of fused-ring (bicyclic) bond motifs is 1. The predicted octanol–water partition coefficient (Wildman–Crippen LogP) is 3.21. The second-order valence-electron chi connectivity index (χ2n) is 7.51. The average molecular weight is 381 g/mol. The van der Waals surface area contributed by atoms with Crippen LogP contribution in [-0.2, 0) is 0 Å². The Balaban J connectivity index is 1.45. The fourth-order valence-electron chi connectivity index (χ4n) is 4.11. The monoisotopic (exact) mass is 381 g/mol. The highest BCUT2D eigenvalue weighted by molar-refractivity contribution is 6.01. The minimum absolute atomic E-state index is 0.0346. The summed E-state index contributed by atoms with van der Waals surface area (Å²) in [6.07, 6.45) is 3.39. The second kappa shape index (κ2) is 8.09. The molecule has 2 fully saturated rings. The molecule has 2 saturated heterocycles. The number of methoxy groups -OCH3 is 1. The fraction of sp³-hybridized carbons (Fsp3) is 0.455. The molecule has 0 N–H and O–H groups in total. The lowest BCUT2D eigenvalue weighted by molar-refractivity contribution is 0.0630. The number of amides is 3. The van der Waals surface area contributed by atoms with Crippen molar-refractivity contribution in [3.05, 3.63) is 42.0 Å². The van der Waals surface area contributed by atoms with Crippen molar-refractivity contribution in [3.8, 4) is 5.75 Å². The molecule has 0 saturated carbocycles. The normalized spacial score (nSPS) is 17.7. The van der Waals surface area contributed by atoms with Gasteiger partial charge < -0.3 is 19.4 Å². The lowest BCUT2D eigenvalue weighted by atomic mass is 10.0. The van der Waals surface area contributed by atoms with Crippen LogP contribution in [0.1, 0.15) is 29.6 Å². The minimum atomic E-state index is -0.0346. The van der Waals surface area contributed by atoms with E-state index in [-0.39, 0.29) is 11.9 Å². The lowest BCUT2D eigenvalue weighted by Gasteiger charge is -2.38. The smallest absolute Gasteiger partial charge is 0.320 e. The summed E-state index contributed by atoms with van der Waals surface area (Å²) >= 11 is 0. The van der Waals surface area contributed by atoms with Crippen molar-refractivity contribution in [1.29, 1.82) is 0 Å². The topological polar surface area (TPSA) is 53.1 Å². The Hall–Kier alpha value is -2.76. The molecule has 2 heterocycles. The maximum Gasteiger partial charge on any atom is 0.320 e. The molecule has 2 aromatic carbocycles. The summed E-state index contributed by atoms with van der Waals surface area (Å²) in [4.78, 5) is 31.5. The third kappa shape index (κ3) is 3.63. The van der Waals surface area contributed by atoms with Crippen LogP contribution >= 0.6 is 0 Å². The third-order valence-electron chi connectivity index (χ3n) is 5.76. The number of nitrogens with zero attached hydrogens (tertiary/aromatic N) is 3. The van der Waals surface area contributed by atoms with Crippen LogP contribution in [0.3, 0.4) is 0 Å². The highest BCUT2D eigenvalue weighted by atomic mass is 16.5. The zero-order valence-corrected chi connectivity index (χ0v) is 16.4. The first-order chi connectivity index (χ1) is 13.7. The standard InChI is InChI=1S/C22H27N3O3/c1-28-20-16-18-8-4-3-7-17(18)15-19(20)21(26)23-11-13-25(14-12-23)22(27)24-9-5-2-6-10-24/h3-4,7-8,15-16H,2,5-6,9-14H2,1H3. The zero-order valence-electron chi connectivity index (χ0n) is 16.4. The summed E-state index contributed by atoms with van der Waals surface area (Å²) < 4.78 is 5.49. The number of carbonyl (C=O) groups excluding carboxylic acids is 2. The summed E-state index contributed by atoms with van der Waals surface area (Å²) in [5.74, 6) is 0.559. The number of rotatable bonds is 2. The van der Waals surface area contributed by atoms with Crippen molar-refractivity contribution >= 4 is 22.7 Å². The molecule has 0 radical (unpaired) electrons. The van der Waals surface area contributed by atoms with Gasteiger partial charge in [0, 0.05) is 39.3 Å². The van der Waals surface area contributed by atoms with E-state index in [9.17, 15) is 9.59 Å². The molecule has 2 aliphatic rings. The van der Waals surface area contributed by atoms with Gasteiger partial charge in [-0.05, 0) is 42.2 Å². The largest absolute Gasteiger partial charge is 0.496 e.